The Hall–Kier alpha value is -2.76. The van der Waals surface area contributed by atoms with Crippen molar-refractivity contribution in [3.8, 4) is 5.82 Å². The first-order chi connectivity index (χ1) is 8.90. The van der Waals surface area contributed by atoms with E-state index in [9.17, 15) is 0 Å². The Morgan fingerprint density at radius 1 is 1.06 bits per heavy atom. The maximum atomic E-state index is 4.52. The van der Waals surface area contributed by atoms with E-state index in [4.69, 9.17) is 0 Å². The van der Waals surface area contributed by atoms with E-state index in [0.717, 1.165) is 17.1 Å². The number of fused-ring (bicyclic) bond motifs is 2. The zero-order valence-corrected chi connectivity index (χ0v) is 9.38. The Kier molecular flexibility index (Phi) is 1.74. The maximum Gasteiger partial charge on any atom is 0.347 e. The highest BCUT2D eigenvalue weighted by Gasteiger charge is 2.13. The SMILES string of the molecule is c1cc2nc(-[n+]3ccn4ccnc4c3)cn2cn1. The van der Waals surface area contributed by atoms with Crippen LogP contribution < -0.4 is 4.57 Å². The summed E-state index contributed by atoms with van der Waals surface area (Å²) >= 11 is 0. The van der Waals surface area contributed by atoms with E-state index in [1.165, 1.54) is 0 Å². The van der Waals surface area contributed by atoms with Crippen molar-refractivity contribution in [3.63, 3.8) is 0 Å². The van der Waals surface area contributed by atoms with Crippen molar-refractivity contribution < 1.29 is 4.57 Å². The van der Waals surface area contributed by atoms with Gasteiger partial charge in [0.2, 0.25) is 0 Å². The van der Waals surface area contributed by atoms with Crippen LogP contribution in [0.25, 0.3) is 17.1 Å². The molecule has 4 heterocycles. The third kappa shape index (κ3) is 1.29. The summed E-state index contributed by atoms with van der Waals surface area (Å²) in [6.07, 6.45) is 14.9. The second-order valence-electron chi connectivity index (χ2n) is 3.97. The summed E-state index contributed by atoms with van der Waals surface area (Å²) in [5.74, 6) is 0.841. The van der Waals surface area contributed by atoms with Gasteiger partial charge in [0.05, 0.1) is 6.20 Å². The van der Waals surface area contributed by atoms with Crippen molar-refractivity contribution in [1.29, 1.82) is 0 Å². The van der Waals surface area contributed by atoms with Gasteiger partial charge in [0.1, 0.15) is 24.9 Å². The molecule has 18 heavy (non-hydrogen) atoms. The highest BCUT2D eigenvalue weighted by Crippen LogP contribution is 2.03. The first kappa shape index (κ1) is 9.29. The molecule has 0 saturated carbocycles. The van der Waals surface area contributed by atoms with Crippen molar-refractivity contribution in [2.75, 3.05) is 0 Å². The van der Waals surface area contributed by atoms with Gasteiger partial charge in [-0.3, -0.25) is 4.40 Å². The first-order valence-electron chi connectivity index (χ1n) is 5.53. The molecular formula is C12H9N6+. The standard InChI is InChI=1S/C12H9N6/c1-2-13-9-18-8-12(15-10(1)18)17-6-5-16-4-3-14-11(16)7-17/h1-9H/q+1. The second kappa shape index (κ2) is 3.36. The predicted octanol–water partition coefficient (Wildman–Crippen LogP) is 0.654. The van der Waals surface area contributed by atoms with Gasteiger partial charge in [-0.15, -0.1) is 0 Å². The maximum absolute atomic E-state index is 4.52. The van der Waals surface area contributed by atoms with Crippen LogP contribution in [0.15, 0.2) is 55.8 Å². The van der Waals surface area contributed by atoms with Gasteiger partial charge < -0.3 is 4.40 Å². The molecule has 4 aromatic heterocycles. The topological polar surface area (TPSA) is 51.4 Å². The van der Waals surface area contributed by atoms with E-state index in [-0.39, 0.29) is 0 Å². The predicted molar refractivity (Wildman–Crippen MR) is 63.3 cm³/mol. The molecule has 0 amide bonds. The Bertz CT molecular complexity index is 811. The fourth-order valence-electron chi connectivity index (χ4n) is 1.96. The van der Waals surface area contributed by atoms with Crippen LogP contribution in [-0.2, 0) is 0 Å². The molecule has 0 aliphatic carbocycles. The highest BCUT2D eigenvalue weighted by atomic mass is 15.2. The van der Waals surface area contributed by atoms with Gasteiger partial charge in [0.25, 0.3) is 5.65 Å². The van der Waals surface area contributed by atoms with Gasteiger partial charge in [-0.05, 0) is 4.98 Å². The Morgan fingerprint density at radius 2 is 2.06 bits per heavy atom. The molecular weight excluding hydrogens is 228 g/mol. The lowest BCUT2D eigenvalue weighted by molar-refractivity contribution is -0.598. The molecule has 0 aromatic carbocycles. The minimum atomic E-state index is 0.841. The summed E-state index contributed by atoms with van der Waals surface area (Å²) in [4.78, 5) is 12.8. The molecule has 4 rings (SSSR count). The zero-order chi connectivity index (χ0) is 11.9. The Balaban J connectivity index is 1.94. The fraction of sp³-hybridized carbons (Fsp3) is 0. The van der Waals surface area contributed by atoms with E-state index in [0.29, 0.717) is 0 Å². The molecule has 0 aliphatic rings. The molecule has 0 atom stereocenters. The van der Waals surface area contributed by atoms with Crippen LogP contribution in [0.3, 0.4) is 0 Å². The lowest BCUT2D eigenvalue weighted by Crippen LogP contribution is -2.30. The van der Waals surface area contributed by atoms with Crippen LogP contribution >= 0.6 is 0 Å². The van der Waals surface area contributed by atoms with E-state index in [2.05, 4.69) is 15.0 Å². The minimum Gasteiger partial charge on any atom is -0.300 e. The average Bonchev–Trinajstić information content (AvgIpc) is 3.04. The molecule has 0 spiro atoms. The molecule has 0 saturated heterocycles. The summed E-state index contributed by atoms with van der Waals surface area (Å²) in [6, 6.07) is 1.87. The van der Waals surface area contributed by atoms with Crippen LogP contribution in [0, 0.1) is 0 Å². The molecule has 0 aliphatic heterocycles. The normalized spacial score (nSPS) is 11.3. The van der Waals surface area contributed by atoms with E-state index >= 15 is 0 Å². The summed E-state index contributed by atoms with van der Waals surface area (Å²) in [7, 11) is 0. The van der Waals surface area contributed by atoms with Crippen molar-refractivity contribution in [1.82, 2.24) is 23.8 Å². The third-order valence-electron chi connectivity index (χ3n) is 2.85. The largest absolute Gasteiger partial charge is 0.347 e. The number of rotatable bonds is 1. The number of nitrogens with zero attached hydrogens (tertiary/aromatic N) is 6. The number of hydrogen-bond acceptors (Lipinski definition) is 3. The average molecular weight is 237 g/mol. The molecule has 6 heteroatoms. The van der Waals surface area contributed by atoms with E-state index in [1.54, 1.807) is 18.7 Å². The molecule has 0 radical (unpaired) electrons. The lowest BCUT2D eigenvalue weighted by atomic mass is 10.6. The molecule has 4 aromatic rings. The molecule has 86 valence electrons. The smallest absolute Gasteiger partial charge is 0.300 e. The summed E-state index contributed by atoms with van der Waals surface area (Å²) in [5, 5.41) is 0. The summed E-state index contributed by atoms with van der Waals surface area (Å²) in [5.41, 5.74) is 1.75. The van der Waals surface area contributed by atoms with Crippen molar-refractivity contribution in [2.24, 2.45) is 0 Å². The van der Waals surface area contributed by atoms with Gasteiger partial charge in [-0.25, -0.2) is 9.97 Å². The summed E-state index contributed by atoms with van der Waals surface area (Å²) in [6.45, 7) is 0. The number of imidazole rings is 2. The number of hydrogen-bond donors (Lipinski definition) is 0. The monoisotopic (exact) mass is 237 g/mol. The minimum absolute atomic E-state index is 0.841. The molecule has 0 unspecified atom stereocenters. The first-order valence-corrected chi connectivity index (χ1v) is 5.53. The number of aromatic nitrogens is 6. The van der Waals surface area contributed by atoms with Crippen LogP contribution in [-0.4, -0.2) is 23.8 Å². The quantitative estimate of drug-likeness (QED) is 0.457. The highest BCUT2D eigenvalue weighted by molar-refractivity contribution is 5.40. The van der Waals surface area contributed by atoms with Gasteiger partial charge in [-0.1, -0.05) is 0 Å². The Labute approximate surface area is 102 Å². The molecule has 6 nitrogen and oxygen atoms in total. The van der Waals surface area contributed by atoms with Crippen LogP contribution in [0.4, 0.5) is 0 Å². The molecule has 0 fully saturated rings. The third-order valence-corrected chi connectivity index (χ3v) is 2.85. The van der Waals surface area contributed by atoms with Gasteiger partial charge >= 0.3 is 5.82 Å². The van der Waals surface area contributed by atoms with Gasteiger partial charge in [0, 0.05) is 24.7 Å². The fourth-order valence-corrected chi connectivity index (χ4v) is 1.96. The van der Waals surface area contributed by atoms with Crippen molar-refractivity contribution in [3.05, 3.63) is 55.8 Å². The molecule has 0 bridgehead atoms. The van der Waals surface area contributed by atoms with Gasteiger partial charge in [0.15, 0.2) is 5.65 Å². The van der Waals surface area contributed by atoms with E-state index in [1.807, 2.05) is 50.4 Å². The Morgan fingerprint density at radius 3 is 3.00 bits per heavy atom. The van der Waals surface area contributed by atoms with E-state index < -0.39 is 0 Å². The summed E-state index contributed by atoms with van der Waals surface area (Å²) < 4.78 is 5.78. The van der Waals surface area contributed by atoms with Crippen LogP contribution in [0.5, 0.6) is 0 Å². The van der Waals surface area contributed by atoms with Crippen molar-refractivity contribution >= 4 is 11.3 Å². The molecule has 0 N–H and O–H groups in total. The van der Waals surface area contributed by atoms with Crippen molar-refractivity contribution in [2.45, 2.75) is 0 Å². The van der Waals surface area contributed by atoms with Crippen LogP contribution in [0.2, 0.25) is 0 Å². The second-order valence-corrected chi connectivity index (χ2v) is 3.97. The van der Waals surface area contributed by atoms with Crippen LogP contribution in [0.1, 0.15) is 0 Å². The lowest BCUT2D eigenvalue weighted by Gasteiger charge is -1.94. The van der Waals surface area contributed by atoms with Gasteiger partial charge in [-0.2, -0.15) is 4.57 Å². The zero-order valence-electron chi connectivity index (χ0n) is 9.38.